The van der Waals surface area contributed by atoms with Crippen LogP contribution in [0.1, 0.15) is 22.9 Å². The molecular weight excluding hydrogens is 380 g/mol. The minimum Gasteiger partial charge on any atom is -0.497 e. The van der Waals surface area contributed by atoms with E-state index in [0.29, 0.717) is 17.9 Å². The van der Waals surface area contributed by atoms with Crippen LogP contribution in [0.25, 0.3) is 10.9 Å². The Morgan fingerprint density at radius 3 is 2.57 bits per heavy atom. The topological polar surface area (TPSA) is 72.6 Å². The Morgan fingerprint density at radius 1 is 1.07 bits per heavy atom. The van der Waals surface area contributed by atoms with E-state index in [2.05, 4.69) is 16.4 Å². The number of esters is 1. The lowest BCUT2D eigenvalue weighted by molar-refractivity contribution is -0.143. The van der Waals surface area contributed by atoms with Crippen LogP contribution < -0.4 is 14.8 Å². The molecule has 148 valence electrons. The third-order valence-corrected chi connectivity index (χ3v) is 5.15. The molecule has 2 heterocycles. The van der Waals surface area contributed by atoms with Crippen molar-refractivity contribution in [3.63, 3.8) is 0 Å². The van der Waals surface area contributed by atoms with Crippen LogP contribution in [-0.4, -0.2) is 38.3 Å². The van der Waals surface area contributed by atoms with Crippen LogP contribution in [0.3, 0.4) is 0 Å². The van der Waals surface area contributed by atoms with Crippen LogP contribution in [0.15, 0.2) is 42.5 Å². The standard InChI is InChI=1S/C21H22N2O4.ClH/c1-25-12-8-9-14(18(10-12)26-2)19-20-15(11-17(23-19)21(24)27-3)13-6-4-5-7-16(13)22-20;/h4-10,17,19,22-23H,11H2,1-3H3;1H. The number of benzene rings is 2. The number of aromatic nitrogens is 1. The third-order valence-electron chi connectivity index (χ3n) is 5.15. The second-order valence-electron chi connectivity index (χ2n) is 6.55. The minimum absolute atomic E-state index is 0. The summed E-state index contributed by atoms with van der Waals surface area (Å²) >= 11 is 0. The largest absolute Gasteiger partial charge is 0.497 e. The van der Waals surface area contributed by atoms with E-state index in [1.54, 1.807) is 14.2 Å². The van der Waals surface area contributed by atoms with Gasteiger partial charge in [0.2, 0.25) is 0 Å². The van der Waals surface area contributed by atoms with E-state index < -0.39 is 6.04 Å². The van der Waals surface area contributed by atoms with Gasteiger partial charge >= 0.3 is 5.97 Å². The van der Waals surface area contributed by atoms with Gasteiger partial charge in [-0.1, -0.05) is 18.2 Å². The average molecular weight is 403 g/mol. The molecule has 2 N–H and O–H groups in total. The van der Waals surface area contributed by atoms with Gasteiger partial charge in [0.25, 0.3) is 0 Å². The lowest BCUT2D eigenvalue weighted by Crippen LogP contribution is -2.45. The van der Waals surface area contributed by atoms with E-state index in [0.717, 1.165) is 27.7 Å². The SMILES string of the molecule is COC(=O)C1Cc2c([nH]c3ccccc23)C(c2ccc(OC)cc2OC)N1.Cl. The number of H-pyrrole nitrogens is 1. The number of ether oxygens (including phenoxy) is 3. The van der Waals surface area contributed by atoms with Gasteiger partial charge in [-0.3, -0.25) is 10.1 Å². The number of rotatable bonds is 4. The van der Waals surface area contributed by atoms with Crippen molar-refractivity contribution in [1.29, 1.82) is 0 Å². The molecule has 1 aliphatic rings. The van der Waals surface area contributed by atoms with Crippen LogP contribution in [-0.2, 0) is 16.0 Å². The van der Waals surface area contributed by atoms with Crippen molar-refractivity contribution >= 4 is 29.3 Å². The number of hydrogen-bond donors (Lipinski definition) is 2. The summed E-state index contributed by atoms with van der Waals surface area (Å²) in [5.41, 5.74) is 4.15. The molecule has 7 heteroatoms. The summed E-state index contributed by atoms with van der Waals surface area (Å²) in [5, 5.41) is 4.55. The lowest BCUT2D eigenvalue weighted by atomic mass is 9.90. The molecule has 0 saturated heterocycles. The van der Waals surface area contributed by atoms with Gasteiger partial charge in [-0.15, -0.1) is 12.4 Å². The molecule has 0 radical (unpaired) electrons. The predicted octanol–water partition coefficient (Wildman–Crippen LogP) is 3.38. The highest BCUT2D eigenvalue weighted by molar-refractivity contribution is 5.87. The van der Waals surface area contributed by atoms with Crippen molar-refractivity contribution in [1.82, 2.24) is 10.3 Å². The number of fused-ring (bicyclic) bond motifs is 3. The van der Waals surface area contributed by atoms with Crippen molar-refractivity contribution in [2.24, 2.45) is 0 Å². The third kappa shape index (κ3) is 3.30. The highest BCUT2D eigenvalue weighted by atomic mass is 35.5. The van der Waals surface area contributed by atoms with E-state index >= 15 is 0 Å². The van der Waals surface area contributed by atoms with Crippen LogP contribution >= 0.6 is 12.4 Å². The maximum absolute atomic E-state index is 12.3. The van der Waals surface area contributed by atoms with Crippen molar-refractivity contribution in [3.8, 4) is 11.5 Å². The highest BCUT2D eigenvalue weighted by Gasteiger charge is 2.35. The number of nitrogens with one attached hydrogen (secondary N) is 2. The Bertz CT molecular complexity index is 1000. The lowest BCUT2D eigenvalue weighted by Gasteiger charge is -2.31. The molecule has 1 aliphatic heterocycles. The zero-order valence-corrected chi connectivity index (χ0v) is 16.8. The molecule has 3 aromatic rings. The number of hydrogen-bond acceptors (Lipinski definition) is 5. The van der Waals surface area contributed by atoms with Gasteiger partial charge in [0.05, 0.1) is 27.4 Å². The monoisotopic (exact) mass is 402 g/mol. The molecule has 0 fully saturated rings. The van der Waals surface area contributed by atoms with Gasteiger partial charge < -0.3 is 19.2 Å². The van der Waals surface area contributed by atoms with Crippen LogP contribution in [0.2, 0.25) is 0 Å². The Labute approximate surface area is 169 Å². The Kier molecular flexibility index (Phi) is 5.82. The number of carbonyl (C=O) groups excluding carboxylic acids is 1. The summed E-state index contributed by atoms with van der Waals surface area (Å²) in [4.78, 5) is 15.8. The number of halogens is 1. The number of para-hydroxylation sites is 1. The summed E-state index contributed by atoms with van der Waals surface area (Å²) < 4.78 is 15.9. The molecule has 0 aliphatic carbocycles. The Morgan fingerprint density at radius 2 is 1.86 bits per heavy atom. The van der Waals surface area contributed by atoms with E-state index in [1.807, 2.05) is 36.4 Å². The molecule has 1 aromatic heterocycles. The summed E-state index contributed by atoms with van der Waals surface area (Å²) in [6.07, 6.45) is 0.570. The van der Waals surface area contributed by atoms with E-state index in [4.69, 9.17) is 14.2 Å². The first-order valence-electron chi connectivity index (χ1n) is 8.81. The number of carbonyl (C=O) groups is 1. The Balaban J connectivity index is 0.00000225. The molecule has 4 rings (SSSR count). The van der Waals surface area contributed by atoms with Gasteiger partial charge in [0.1, 0.15) is 17.5 Å². The van der Waals surface area contributed by atoms with E-state index in [9.17, 15) is 4.79 Å². The maximum Gasteiger partial charge on any atom is 0.323 e. The van der Waals surface area contributed by atoms with Gasteiger partial charge in [0.15, 0.2) is 0 Å². The summed E-state index contributed by atoms with van der Waals surface area (Å²) in [6.45, 7) is 0. The summed E-state index contributed by atoms with van der Waals surface area (Å²) in [7, 11) is 4.67. The summed E-state index contributed by atoms with van der Waals surface area (Å²) in [6, 6.07) is 13.2. The first kappa shape index (κ1) is 20.0. The smallest absolute Gasteiger partial charge is 0.323 e. The first-order valence-corrected chi connectivity index (χ1v) is 8.81. The van der Waals surface area contributed by atoms with Gasteiger partial charge in [0, 0.05) is 34.6 Å². The molecular formula is C21H23ClN2O4. The van der Waals surface area contributed by atoms with Crippen molar-refractivity contribution in [2.75, 3.05) is 21.3 Å². The van der Waals surface area contributed by atoms with E-state index in [1.165, 1.54) is 7.11 Å². The molecule has 0 saturated carbocycles. The maximum atomic E-state index is 12.3. The second-order valence-corrected chi connectivity index (χ2v) is 6.55. The fraction of sp³-hybridized carbons (Fsp3) is 0.286. The second kappa shape index (κ2) is 8.12. The van der Waals surface area contributed by atoms with Crippen molar-refractivity contribution in [3.05, 3.63) is 59.3 Å². The average Bonchev–Trinajstić information content (AvgIpc) is 3.10. The summed E-state index contributed by atoms with van der Waals surface area (Å²) in [5.74, 6) is 1.14. The fourth-order valence-corrected chi connectivity index (χ4v) is 3.83. The molecule has 0 amide bonds. The van der Waals surface area contributed by atoms with Gasteiger partial charge in [-0.2, -0.15) is 0 Å². The van der Waals surface area contributed by atoms with Gasteiger partial charge in [-0.25, -0.2) is 0 Å². The Hall–Kier alpha value is -2.70. The normalized spacial score (nSPS) is 18.1. The van der Waals surface area contributed by atoms with Crippen LogP contribution in [0.4, 0.5) is 0 Å². The predicted molar refractivity (Wildman–Crippen MR) is 110 cm³/mol. The number of aromatic amines is 1. The number of methoxy groups -OCH3 is 3. The zero-order valence-electron chi connectivity index (χ0n) is 15.9. The molecule has 2 atom stereocenters. The first-order chi connectivity index (χ1) is 13.2. The van der Waals surface area contributed by atoms with Crippen molar-refractivity contribution < 1.29 is 19.0 Å². The molecule has 2 unspecified atom stereocenters. The van der Waals surface area contributed by atoms with Crippen molar-refractivity contribution in [2.45, 2.75) is 18.5 Å². The minimum atomic E-state index is -0.432. The zero-order chi connectivity index (χ0) is 19.0. The van der Waals surface area contributed by atoms with Gasteiger partial charge in [-0.05, 0) is 23.8 Å². The fourth-order valence-electron chi connectivity index (χ4n) is 3.83. The molecule has 6 nitrogen and oxygen atoms in total. The van der Waals surface area contributed by atoms with Crippen LogP contribution in [0.5, 0.6) is 11.5 Å². The molecule has 0 bridgehead atoms. The quantitative estimate of drug-likeness (QED) is 0.654. The molecule has 28 heavy (non-hydrogen) atoms. The molecule has 2 aromatic carbocycles. The molecule has 0 spiro atoms. The van der Waals surface area contributed by atoms with E-state index in [-0.39, 0.29) is 24.4 Å². The van der Waals surface area contributed by atoms with Crippen LogP contribution in [0, 0.1) is 0 Å². The highest BCUT2D eigenvalue weighted by Crippen LogP contribution is 2.39.